The molecule has 1 aromatic carbocycles. The first-order chi connectivity index (χ1) is 7.44. The summed E-state index contributed by atoms with van der Waals surface area (Å²) < 4.78 is 37.8. The number of rotatable bonds is 3. The zero-order chi connectivity index (χ0) is 11.9. The molecule has 2 N–H and O–H groups in total. The van der Waals surface area contributed by atoms with Crippen molar-refractivity contribution in [2.45, 2.75) is 36.0 Å². The van der Waals surface area contributed by atoms with E-state index in [2.05, 4.69) is 0 Å². The fraction of sp³-hybridized carbons (Fsp3) is 0.455. The lowest BCUT2D eigenvalue weighted by Gasteiger charge is -2.11. The van der Waals surface area contributed by atoms with Gasteiger partial charge in [-0.25, -0.2) is 12.8 Å². The van der Waals surface area contributed by atoms with Gasteiger partial charge in [0, 0.05) is 11.6 Å². The minimum absolute atomic E-state index is 0.204. The Labute approximate surface area is 94.4 Å². The highest BCUT2D eigenvalue weighted by molar-refractivity contribution is 7.92. The summed E-state index contributed by atoms with van der Waals surface area (Å²) in [5.41, 5.74) is 5.84. The van der Waals surface area contributed by atoms with Gasteiger partial charge >= 0.3 is 0 Å². The van der Waals surface area contributed by atoms with Crippen LogP contribution in [0, 0.1) is 5.82 Å². The van der Waals surface area contributed by atoms with Crippen molar-refractivity contribution in [1.82, 2.24) is 0 Å². The van der Waals surface area contributed by atoms with Crippen LogP contribution >= 0.6 is 0 Å². The standard InChI is InChI=1S/C11H14FNO2S/c1-7(13)9-3-2-4-10(11(9)12)16(14,15)8-5-6-8/h2-4,7-8H,5-6,13H2,1H3/t7-/m1/s1. The summed E-state index contributed by atoms with van der Waals surface area (Å²) in [5.74, 6) is -0.690. The van der Waals surface area contributed by atoms with E-state index in [0.717, 1.165) is 0 Å². The molecule has 1 aromatic rings. The zero-order valence-corrected chi connectivity index (χ0v) is 9.80. The van der Waals surface area contributed by atoms with Crippen LogP contribution in [0.1, 0.15) is 31.4 Å². The minimum atomic E-state index is -3.48. The van der Waals surface area contributed by atoms with Crippen molar-refractivity contribution in [3.63, 3.8) is 0 Å². The van der Waals surface area contributed by atoms with Gasteiger partial charge in [-0.15, -0.1) is 0 Å². The van der Waals surface area contributed by atoms with Crippen molar-refractivity contribution < 1.29 is 12.8 Å². The third-order valence-electron chi connectivity index (χ3n) is 2.75. The predicted octanol–water partition coefficient (Wildman–Crippen LogP) is 1.78. The van der Waals surface area contributed by atoms with E-state index in [0.29, 0.717) is 12.8 Å². The normalized spacial score (nSPS) is 18.4. The molecule has 0 heterocycles. The van der Waals surface area contributed by atoms with Gasteiger partial charge in [0.25, 0.3) is 0 Å². The molecule has 1 aliphatic rings. The van der Waals surface area contributed by atoms with E-state index in [4.69, 9.17) is 5.73 Å². The number of hydrogen-bond acceptors (Lipinski definition) is 3. The third-order valence-corrected chi connectivity index (χ3v) is 5.03. The molecule has 0 bridgehead atoms. The van der Waals surface area contributed by atoms with Crippen molar-refractivity contribution in [3.05, 3.63) is 29.6 Å². The van der Waals surface area contributed by atoms with Gasteiger partial charge < -0.3 is 5.73 Å². The van der Waals surface area contributed by atoms with E-state index < -0.39 is 26.9 Å². The molecule has 1 atom stereocenters. The summed E-state index contributed by atoms with van der Waals surface area (Å²) in [5, 5.41) is -0.398. The molecule has 0 unspecified atom stereocenters. The average molecular weight is 243 g/mol. The van der Waals surface area contributed by atoms with Crippen LogP contribution in [-0.4, -0.2) is 13.7 Å². The Bertz CT molecular complexity index is 507. The van der Waals surface area contributed by atoms with E-state index in [9.17, 15) is 12.8 Å². The second-order valence-corrected chi connectivity index (χ2v) is 6.39. The first-order valence-corrected chi connectivity index (χ1v) is 6.77. The Balaban J connectivity index is 2.54. The number of halogens is 1. The smallest absolute Gasteiger partial charge is 0.184 e. The van der Waals surface area contributed by atoms with Crippen molar-refractivity contribution in [3.8, 4) is 0 Å². The third kappa shape index (κ3) is 1.85. The SMILES string of the molecule is C[C@@H](N)c1cccc(S(=O)(=O)C2CC2)c1F. The first-order valence-electron chi connectivity index (χ1n) is 5.22. The van der Waals surface area contributed by atoms with Crippen LogP contribution in [0.15, 0.2) is 23.1 Å². The lowest BCUT2D eigenvalue weighted by atomic mass is 10.1. The van der Waals surface area contributed by atoms with Crippen LogP contribution in [0.2, 0.25) is 0 Å². The van der Waals surface area contributed by atoms with E-state index in [1.165, 1.54) is 18.2 Å². The first kappa shape index (κ1) is 11.5. The Kier molecular flexibility index (Phi) is 2.75. The van der Waals surface area contributed by atoms with Gasteiger partial charge in [-0.05, 0) is 25.8 Å². The molecule has 1 aliphatic carbocycles. The lowest BCUT2D eigenvalue weighted by molar-refractivity contribution is 0.548. The predicted molar refractivity (Wildman–Crippen MR) is 59.2 cm³/mol. The van der Waals surface area contributed by atoms with Gasteiger partial charge in [0.1, 0.15) is 10.7 Å². The molecule has 1 saturated carbocycles. The fourth-order valence-corrected chi connectivity index (χ4v) is 3.41. The van der Waals surface area contributed by atoms with E-state index in [-0.39, 0.29) is 10.5 Å². The van der Waals surface area contributed by atoms with E-state index >= 15 is 0 Å². The summed E-state index contributed by atoms with van der Waals surface area (Å²) in [7, 11) is -3.48. The maximum Gasteiger partial charge on any atom is 0.184 e. The van der Waals surface area contributed by atoms with Gasteiger partial charge in [0.2, 0.25) is 0 Å². The van der Waals surface area contributed by atoms with Crippen molar-refractivity contribution >= 4 is 9.84 Å². The molecule has 0 saturated heterocycles. The van der Waals surface area contributed by atoms with E-state index in [1.807, 2.05) is 0 Å². The molecule has 3 nitrogen and oxygen atoms in total. The Morgan fingerprint density at radius 2 is 2.06 bits per heavy atom. The Hall–Kier alpha value is -0.940. The largest absolute Gasteiger partial charge is 0.324 e. The molecule has 0 radical (unpaired) electrons. The number of benzene rings is 1. The molecular weight excluding hydrogens is 229 g/mol. The second kappa shape index (κ2) is 3.82. The molecular formula is C11H14FNO2S. The zero-order valence-electron chi connectivity index (χ0n) is 8.98. The van der Waals surface area contributed by atoms with Crippen LogP contribution in [-0.2, 0) is 9.84 Å². The van der Waals surface area contributed by atoms with Crippen molar-refractivity contribution in [1.29, 1.82) is 0 Å². The van der Waals surface area contributed by atoms with Crippen molar-refractivity contribution in [2.75, 3.05) is 0 Å². The fourth-order valence-electron chi connectivity index (χ4n) is 1.66. The highest BCUT2D eigenvalue weighted by Gasteiger charge is 2.38. The molecule has 0 aliphatic heterocycles. The van der Waals surface area contributed by atoms with E-state index in [1.54, 1.807) is 6.92 Å². The quantitative estimate of drug-likeness (QED) is 0.880. The molecule has 1 fully saturated rings. The number of nitrogens with two attached hydrogens (primary N) is 1. The minimum Gasteiger partial charge on any atom is -0.324 e. The van der Waals surface area contributed by atoms with Crippen LogP contribution in [0.25, 0.3) is 0 Å². The van der Waals surface area contributed by atoms with Crippen LogP contribution in [0.4, 0.5) is 4.39 Å². The Morgan fingerprint density at radius 3 is 2.56 bits per heavy atom. The van der Waals surface area contributed by atoms with Gasteiger partial charge in [-0.2, -0.15) is 0 Å². The highest BCUT2D eigenvalue weighted by atomic mass is 32.2. The van der Waals surface area contributed by atoms with Gasteiger partial charge in [-0.3, -0.25) is 0 Å². The maximum atomic E-state index is 13.9. The molecule has 0 aromatic heterocycles. The highest BCUT2D eigenvalue weighted by Crippen LogP contribution is 2.35. The van der Waals surface area contributed by atoms with Crippen LogP contribution in [0.5, 0.6) is 0 Å². The summed E-state index contributed by atoms with van der Waals surface area (Å²) in [6.07, 6.45) is 1.26. The van der Waals surface area contributed by atoms with Crippen LogP contribution in [0.3, 0.4) is 0 Å². The van der Waals surface area contributed by atoms with Gasteiger partial charge in [0.05, 0.1) is 5.25 Å². The average Bonchev–Trinajstić information content (AvgIpc) is 3.00. The molecule has 5 heteroatoms. The number of sulfone groups is 1. The molecule has 0 spiro atoms. The number of hydrogen-bond donors (Lipinski definition) is 1. The molecule has 0 amide bonds. The summed E-state index contributed by atoms with van der Waals surface area (Å²) in [6, 6.07) is 3.87. The molecule has 16 heavy (non-hydrogen) atoms. The second-order valence-electron chi connectivity index (χ2n) is 4.19. The monoisotopic (exact) mass is 243 g/mol. The summed E-state index contributed by atoms with van der Waals surface area (Å²) in [4.78, 5) is -0.204. The van der Waals surface area contributed by atoms with Crippen LogP contribution < -0.4 is 5.73 Å². The topological polar surface area (TPSA) is 60.2 Å². The molecule has 88 valence electrons. The maximum absolute atomic E-state index is 13.9. The Morgan fingerprint density at radius 1 is 1.44 bits per heavy atom. The summed E-state index contributed by atoms with van der Waals surface area (Å²) in [6.45, 7) is 1.63. The molecule has 2 rings (SSSR count). The van der Waals surface area contributed by atoms with Gasteiger partial charge in [0.15, 0.2) is 9.84 Å². The summed E-state index contributed by atoms with van der Waals surface area (Å²) >= 11 is 0. The van der Waals surface area contributed by atoms with Crippen molar-refractivity contribution in [2.24, 2.45) is 5.73 Å². The van der Waals surface area contributed by atoms with Gasteiger partial charge in [-0.1, -0.05) is 12.1 Å². The lowest BCUT2D eigenvalue weighted by Crippen LogP contribution is -2.14.